The summed E-state index contributed by atoms with van der Waals surface area (Å²) in [5.74, 6) is 0.970. The molecule has 2 fully saturated rings. The number of carbonyl (C=O) groups excluding carboxylic acids is 1. The third-order valence-corrected chi connectivity index (χ3v) is 5.71. The number of likely N-dealkylation sites (N-methyl/N-ethyl adjacent to an activating group) is 1. The first-order valence-corrected chi connectivity index (χ1v) is 8.63. The molecule has 0 saturated heterocycles. The quantitative estimate of drug-likeness (QED) is 0.839. The molecule has 2 saturated carbocycles. The van der Waals surface area contributed by atoms with E-state index in [2.05, 4.69) is 54.5 Å². The summed E-state index contributed by atoms with van der Waals surface area (Å²) in [5.41, 5.74) is 1.55. The smallest absolute Gasteiger partial charge is 0.234 e. The molecule has 1 aromatic carbocycles. The maximum Gasteiger partial charge on any atom is 0.234 e. The lowest BCUT2D eigenvalue weighted by Gasteiger charge is -2.42. The Hall–Kier alpha value is -1.35. The molecule has 1 N–H and O–H groups in total. The zero-order valence-electron chi connectivity index (χ0n) is 13.8. The largest absolute Gasteiger partial charge is 0.354 e. The molecule has 3 rings (SSSR count). The number of amides is 1. The molecule has 2 aliphatic carbocycles. The van der Waals surface area contributed by atoms with Crippen molar-refractivity contribution in [1.29, 1.82) is 0 Å². The van der Waals surface area contributed by atoms with Crippen molar-refractivity contribution in [3.63, 3.8) is 0 Å². The Labute approximate surface area is 134 Å². The zero-order chi connectivity index (χ0) is 15.6. The van der Waals surface area contributed by atoms with Crippen LogP contribution in [0.4, 0.5) is 0 Å². The fourth-order valence-corrected chi connectivity index (χ4v) is 3.60. The summed E-state index contributed by atoms with van der Waals surface area (Å²) in [6, 6.07) is 11.2. The maximum absolute atomic E-state index is 12.3. The highest BCUT2D eigenvalue weighted by Gasteiger charge is 2.39. The minimum atomic E-state index is 0.164. The van der Waals surface area contributed by atoms with Crippen LogP contribution in [-0.4, -0.2) is 37.0 Å². The van der Waals surface area contributed by atoms with E-state index in [4.69, 9.17) is 0 Å². The number of hydrogen-bond donors (Lipinski definition) is 1. The standard InChI is InChI=1S/C19H28N2O/c1-15(16-9-10-16)21(2)13-18(22)20-14-19(11-6-12-19)17-7-4-3-5-8-17/h3-5,7-8,15-16H,6,9-14H2,1-2H3,(H,20,22). The van der Waals surface area contributed by atoms with E-state index in [0.717, 1.165) is 12.5 Å². The van der Waals surface area contributed by atoms with Gasteiger partial charge in [-0.1, -0.05) is 36.8 Å². The van der Waals surface area contributed by atoms with Crippen molar-refractivity contribution < 1.29 is 4.79 Å². The van der Waals surface area contributed by atoms with E-state index < -0.39 is 0 Å². The van der Waals surface area contributed by atoms with Crippen LogP contribution in [-0.2, 0) is 10.2 Å². The molecule has 0 bridgehead atoms. The highest BCUT2D eigenvalue weighted by Crippen LogP contribution is 2.43. The van der Waals surface area contributed by atoms with Crippen molar-refractivity contribution in [2.75, 3.05) is 20.1 Å². The van der Waals surface area contributed by atoms with Gasteiger partial charge in [0, 0.05) is 18.0 Å². The molecular weight excluding hydrogens is 272 g/mol. The predicted molar refractivity (Wildman–Crippen MR) is 89.8 cm³/mol. The molecule has 0 spiro atoms. The molecule has 1 atom stereocenters. The van der Waals surface area contributed by atoms with Gasteiger partial charge >= 0.3 is 0 Å². The number of carbonyl (C=O) groups is 1. The van der Waals surface area contributed by atoms with Crippen LogP contribution in [0.2, 0.25) is 0 Å². The second-order valence-electron chi connectivity index (χ2n) is 7.27. The van der Waals surface area contributed by atoms with Gasteiger partial charge in [-0.25, -0.2) is 0 Å². The van der Waals surface area contributed by atoms with Crippen molar-refractivity contribution in [3.05, 3.63) is 35.9 Å². The Morgan fingerprint density at radius 1 is 1.32 bits per heavy atom. The van der Waals surface area contributed by atoms with Gasteiger partial charge in [0.1, 0.15) is 0 Å². The van der Waals surface area contributed by atoms with Gasteiger partial charge in [-0.3, -0.25) is 9.69 Å². The van der Waals surface area contributed by atoms with Crippen LogP contribution in [0.5, 0.6) is 0 Å². The number of hydrogen-bond acceptors (Lipinski definition) is 2. The van der Waals surface area contributed by atoms with Crippen LogP contribution in [0, 0.1) is 5.92 Å². The minimum absolute atomic E-state index is 0.164. The molecule has 1 amide bonds. The summed E-state index contributed by atoms with van der Waals surface area (Å²) in [4.78, 5) is 14.5. The monoisotopic (exact) mass is 300 g/mol. The van der Waals surface area contributed by atoms with Gasteiger partial charge in [0.15, 0.2) is 0 Å². The minimum Gasteiger partial charge on any atom is -0.354 e. The maximum atomic E-state index is 12.3. The van der Waals surface area contributed by atoms with Crippen LogP contribution in [0.1, 0.15) is 44.6 Å². The van der Waals surface area contributed by atoms with Crippen LogP contribution >= 0.6 is 0 Å². The summed E-state index contributed by atoms with van der Waals surface area (Å²) in [6.07, 6.45) is 6.29. The fourth-order valence-electron chi connectivity index (χ4n) is 3.60. The highest BCUT2D eigenvalue weighted by molar-refractivity contribution is 5.78. The zero-order valence-corrected chi connectivity index (χ0v) is 13.8. The van der Waals surface area contributed by atoms with Gasteiger partial charge < -0.3 is 5.32 Å². The second kappa shape index (κ2) is 6.41. The molecule has 0 heterocycles. The first-order valence-electron chi connectivity index (χ1n) is 8.63. The summed E-state index contributed by atoms with van der Waals surface area (Å²) in [7, 11) is 2.07. The highest BCUT2D eigenvalue weighted by atomic mass is 16.2. The number of nitrogens with zero attached hydrogens (tertiary/aromatic N) is 1. The predicted octanol–water partition coefficient (Wildman–Crippen LogP) is 2.95. The molecule has 0 aliphatic heterocycles. The van der Waals surface area contributed by atoms with Crippen molar-refractivity contribution >= 4 is 5.91 Å². The van der Waals surface area contributed by atoms with Gasteiger partial charge in [0.25, 0.3) is 0 Å². The van der Waals surface area contributed by atoms with Gasteiger partial charge in [-0.2, -0.15) is 0 Å². The van der Waals surface area contributed by atoms with E-state index in [-0.39, 0.29) is 11.3 Å². The lowest BCUT2D eigenvalue weighted by atomic mass is 9.64. The first kappa shape index (κ1) is 15.5. The molecule has 0 radical (unpaired) electrons. The topological polar surface area (TPSA) is 32.3 Å². The van der Waals surface area contributed by atoms with E-state index in [1.807, 2.05) is 0 Å². The van der Waals surface area contributed by atoms with E-state index in [1.54, 1.807) is 0 Å². The normalized spacial score (nSPS) is 21.2. The van der Waals surface area contributed by atoms with Crippen molar-refractivity contribution in [3.8, 4) is 0 Å². The summed E-state index contributed by atoms with van der Waals surface area (Å²) in [6.45, 7) is 3.53. The number of rotatable bonds is 7. The van der Waals surface area contributed by atoms with Crippen molar-refractivity contribution in [2.45, 2.75) is 50.5 Å². The Morgan fingerprint density at radius 2 is 2.00 bits per heavy atom. The van der Waals surface area contributed by atoms with Gasteiger partial charge in [-0.05, 0) is 51.1 Å². The fraction of sp³-hybridized carbons (Fsp3) is 0.632. The molecule has 22 heavy (non-hydrogen) atoms. The van der Waals surface area contributed by atoms with E-state index in [1.165, 1.54) is 37.7 Å². The lowest BCUT2D eigenvalue weighted by molar-refractivity contribution is -0.122. The average molecular weight is 300 g/mol. The van der Waals surface area contributed by atoms with Crippen LogP contribution in [0.3, 0.4) is 0 Å². The SMILES string of the molecule is CC(C1CC1)N(C)CC(=O)NCC1(c2ccccc2)CCC1. The Bertz CT molecular complexity index is 505. The van der Waals surface area contributed by atoms with Gasteiger partial charge in [0.05, 0.1) is 6.54 Å². The summed E-state index contributed by atoms with van der Waals surface area (Å²) >= 11 is 0. The van der Waals surface area contributed by atoms with E-state index in [0.29, 0.717) is 12.6 Å². The molecule has 2 aliphatic rings. The third kappa shape index (κ3) is 3.35. The molecule has 1 unspecified atom stereocenters. The Balaban J connectivity index is 1.51. The van der Waals surface area contributed by atoms with Gasteiger partial charge in [-0.15, -0.1) is 0 Å². The second-order valence-corrected chi connectivity index (χ2v) is 7.27. The average Bonchev–Trinajstić information content (AvgIpc) is 3.31. The molecule has 3 nitrogen and oxygen atoms in total. The summed E-state index contributed by atoms with van der Waals surface area (Å²) < 4.78 is 0. The summed E-state index contributed by atoms with van der Waals surface area (Å²) in [5, 5.41) is 3.19. The third-order valence-electron chi connectivity index (χ3n) is 5.71. The van der Waals surface area contributed by atoms with Crippen LogP contribution < -0.4 is 5.32 Å². The first-order chi connectivity index (χ1) is 10.6. The van der Waals surface area contributed by atoms with Crippen LogP contribution in [0.25, 0.3) is 0 Å². The Morgan fingerprint density at radius 3 is 2.55 bits per heavy atom. The number of benzene rings is 1. The Kier molecular flexibility index (Phi) is 4.53. The van der Waals surface area contributed by atoms with Gasteiger partial charge in [0.2, 0.25) is 5.91 Å². The molecule has 120 valence electrons. The molecule has 3 heteroatoms. The lowest BCUT2D eigenvalue weighted by Crippen LogP contribution is -2.48. The molecule has 1 aromatic rings. The van der Waals surface area contributed by atoms with E-state index >= 15 is 0 Å². The van der Waals surface area contributed by atoms with Crippen LogP contribution in [0.15, 0.2) is 30.3 Å². The number of nitrogens with one attached hydrogen (secondary N) is 1. The van der Waals surface area contributed by atoms with Crippen molar-refractivity contribution in [2.24, 2.45) is 5.92 Å². The molecule has 0 aromatic heterocycles. The van der Waals surface area contributed by atoms with Crippen molar-refractivity contribution in [1.82, 2.24) is 10.2 Å². The molecular formula is C19H28N2O. The van der Waals surface area contributed by atoms with E-state index in [9.17, 15) is 4.79 Å².